The van der Waals surface area contributed by atoms with Crippen LogP contribution in [0.3, 0.4) is 0 Å². The number of imide groups is 2. The third-order valence-corrected chi connectivity index (χ3v) is 16.6. The molecule has 24 nitrogen and oxygen atoms in total. The van der Waals surface area contributed by atoms with E-state index in [4.69, 9.17) is 14.8 Å². The minimum atomic E-state index is -1.31. The van der Waals surface area contributed by atoms with Crippen molar-refractivity contribution in [3.63, 3.8) is 0 Å². The summed E-state index contributed by atoms with van der Waals surface area (Å²) in [4.78, 5) is 133. The van der Waals surface area contributed by atoms with Crippen molar-refractivity contribution in [1.29, 1.82) is 0 Å². The molecule has 5 aliphatic rings. The van der Waals surface area contributed by atoms with Gasteiger partial charge in [-0.1, -0.05) is 190 Å². The topological polar surface area (TPSA) is 328 Å². The fourth-order valence-corrected chi connectivity index (χ4v) is 11.7. The zero-order valence-electron chi connectivity index (χ0n) is 55.3. The summed E-state index contributed by atoms with van der Waals surface area (Å²) in [7, 11) is 0. The van der Waals surface area contributed by atoms with E-state index < -0.39 is 54.0 Å². The second-order valence-corrected chi connectivity index (χ2v) is 23.7. The Kier molecular flexibility index (Phi) is 31.3. The van der Waals surface area contributed by atoms with Gasteiger partial charge in [-0.25, -0.2) is 29.0 Å². The zero-order chi connectivity index (χ0) is 70.1. The van der Waals surface area contributed by atoms with Gasteiger partial charge < -0.3 is 50.3 Å². The van der Waals surface area contributed by atoms with Crippen molar-refractivity contribution in [2.75, 3.05) is 45.9 Å². The van der Waals surface area contributed by atoms with Crippen molar-refractivity contribution in [3.8, 4) is 0 Å². The van der Waals surface area contributed by atoms with Gasteiger partial charge in [0, 0.05) is 37.1 Å². The van der Waals surface area contributed by atoms with Crippen molar-refractivity contribution in [1.82, 2.24) is 24.9 Å². The second kappa shape index (κ2) is 39.6. The molecule has 6 aromatic carbocycles. The predicted molar refractivity (Wildman–Crippen MR) is 365 cm³/mol. The van der Waals surface area contributed by atoms with Gasteiger partial charge in [0.15, 0.2) is 6.04 Å². The Morgan fingerprint density at radius 3 is 1.45 bits per heavy atom. The number of rotatable bonds is 21. The summed E-state index contributed by atoms with van der Waals surface area (Å²) in [6.07, 6.45) is 5.10. The maximum Gasteiger partial charge on any atom is 2.00 e. The number of benzene rings is 6. The Balaban J connectivity index is 0.000000244. The van der Waals surface area contributed by atoms with E-state index in [9.17, 15) is 58.2 Å². The van der Waals surface area contributed by atoms with E-state index in [1.165, 1.54) is 11.6 Å². The number of likely N-dealkylation sites (tertiary alicyclic amines) is 2. The molecule has 6 aromatic rings. The molecular weight excluding hydrogens is 1370 g/mol. The first-order valence-electron chi connectivity index (χ1n) is 32.3. The van der Waals surface area contributed by atoms with Gasteiger partial charge in [-0.2, -0.15) is 0 Å². The van der Waals surface area contributed by atoms with Crippen molar-refractivity contribution >= 4 is 82.4 Å². The number of hydrogen-bond donors (Lipinski definition) is 4. The molecule has 5 heterocycles. The Morgan fingerprint density at radius 1 is 0.600 bits per heavy atom. The largest absolute Gasteiger partial charge is 2.00 e. The predicted octanol–water partition coefficient (Wildman–Crippen LogP) is 10.1. The van der Waals surface area contributed by atoms with Crippen LogP contribution >= 0.6 is 0 Å². The summed E-state index contributed by atoms with van der Waals surface area (Å²) in [5.74, 6) is -5.43. The number of carbonyl (C=O) groups excluding carboxylic acids is 7. The number of hydrogen-bond acceptors (Lipinski definition) is 16. The molecular formula is C74H79N9Ni2O15+2. The van der Waals surface area contributed by atoms with E-state index in [2.05, 4.69) is 47.6 Å². The molecule has 26 heteroatoms. The third-order valence-electron chi connectivity index (χ3n) is 16.6. The number of allylic oxidation sites excluding steroid dienone is 1. The molecule has 4 N–H and O–H groups in total. The first-order chi connectivity index (χ1) is 47.3. The van der Waals surface area contributed by atoms with E-state index >= 15 is 0 Å². The first-order valence-corrected chi connectivity index (χ1v) is 32.3. The molecule has 1 unspecified atom stereocenters. The van der Waals surface area contributed by atoms with Crippen LogP contribution in [-0.4, -0.2) is 176 Å². The van der Waals surface area contributed by atoms with Gasteiger partial charge in [0.1, 0.15) is 25.8 Å². The number of aliphatic carboxylic acids is 3. The van der Waals surface area contributed by atoms with Crippen molar-refractivity contribution in [2.24, 2.45) is 21.8 Å². The number of aliphatic imine (C=N–C) groups is 2. The second-order valence-electron chi connectivity index (χ2n) is 23.7. The van der Waals surface area contributed by atoms with Crippen LogP contribution in [0, 0.1) is 11.8 Å². The van der Waals surface area contributed by atoms with Crippen LogP contribution in [0.4, 0.5) is 21.0 Å². The molecule has 100 heavy (non-hydrogen) atoms. The van der Waals surface area contributed by atoms with Gasteiger partial charge >= 0.3 is 63.1 Å². The van der Waals surface area contributed by atoms with Crippen LogP contribution in [0.15, 0.2) is 192 Å². The van der Waals surface area contributed by atoms with Crippen molar-refractivity contribution in [2.45, 2.75) is 96.6 Å². The quantitative estimate of drug-likeness (QED) is 0.0296. The van der Waals surface area contributed by atoms with E-state index in [0.717, 1.165) is 53.3 Å². The Labute approximate surface area is 600 Å². The number of ether oxygens (including phenoxy) is 2. The van der Waals surface area contributed by atoms with Crippen LogP contribution in [-0.2, 0) is 93.9 Å². The van der Waals surface area contributed by atoms with Crippen LogP contribution in [0.5, 0.6) is 0 Å². The molecule has 7 amide bonds. The SMILES string of the molecule is C/C=C/C(=O)N1CCOC1=O.C[C@@H](CC(=O)N1CCOC1=O)C(N=C(c1ccccc1)c1ccccc1[N-]C(=O)[C@@H]1CCCN1Cc1ccccc1)C(=O)O.C[C@H]1CC(=O)N[C@@H]1C(=O)O.O=C(O)CN=C(c1ccccc1)c1ccccc1[N-]C(=O)[C@@H]1CCCN1Cc1ccccc1.[Ni+2].[Ni+2]. The van der Waals surface area contributed by atoms with E-state index in [-0.39, 0.29) is 101 Å². The normalized spacial score (nSPS) is 18.7. The zero-order valence-corrected chi connectivity index (χ0v) is 57.3. The summed E-state index contributed by atoms with van der Waals surface area (Å²) in [5.41, 5.74) is 6.61. The van der Waals surface area contributed by atoms with Gasteiger partial charge in [-0.15, -0.1) is 11.4 Å². The Morgan fingerprint density at radius 2 is 1.04 bits per heavy atom. The molecule has 0 aliphatic carbocycles. The van der Waals surface area contributed by atoms with E-state index in [0.29, 0.717) is 78.6 Å². The van der Waals surface area contributed by atoms with E-state index in [1.54, 1.807) is 57.2 Å². The molecule has 0 saturated carbocycles. The Hall–Kier alpha value is -9.99. The molecule has 6 atom stereocenters. The van der Waals surface area contributed by atoms with Gasteiger partial charge in [-0.05, 0) is 85.9 Å². The number of amides is 7. The molecule has 5 saturated heterocycles. The van der Waals surface area contributed by atoms with Gasteiger partial charge in [0.2, 0.25) is 11.8 Å². The monoisotopic (exact) mass is 1450 g/mol. The minimum Gasteiger partial charge on any atom is -0.625 e. The van der Waals surface area contributed by atoms with Crippen molar-refractivity contribution in [3.05, 3.63) is 226 Å². The molecule has 5 aliphatic heterocycles. The molecule has 0 aromatic heterocycles. The number of carboxylic acid groups (broad SMARTS) is 3. The number of nitrogens with one attached hydrogen (secondary N) is 1. The summed E-state index contributed by atoms with van der Waals surface area (Å²) in [6, 6.07) is 50.3. The standard InChI is InChI=1S/C34H36N4O6.C27H27N3O3.C7H9NO3.C6H9NO3.2Ni/c1-23(21-29(39)38-19-20-44-34(38)43)30(33(41)42)36-31(25-13-6-3-7-14-25)26-15-8-9-16-27(26)35-32(40)28-17-10-18-37(28)22-24-11-4-2-5-12-24;31-25(32)18-28-26(21-12-5-2-6-13-21)22-14-7-8-15-23(22)29-27(33)24-16-9-17-30(24)19-20-10-3-1-4-11-20;1-2-3-6(9)8-4-5-11-7(8)10;1-3-2-4(8)7-5(3)6(9)10;;/h2-9,11-16,23,28,30H,10,17-22H2,1H3,(H2,35,36,40,41,42);1-8,10-15,24H,9,16-19H2,(H2,28,29,31,32,33);2-3H,4-5H2,1H3;3,5H,2H2,1H3,(H,7,8)(H,9,10);;/q;;;;2*+2/p-2/b;;3-2+;;;/t23-,28-,30?;24-;;3-,5-;;/m00.0../s1. The number of carboxylic acids is 3. The molecule has 0 spiro atoms. The number of nitrogens with zero attached hydrogens (tertiary/aromatic N) is 8. The average Bonchev–Trinajstić information content (AvgIpc) is 0.915. The van der Waals surface area contributed by atoms with E-state index in [1.807, 2.05) is 127 Å². The van der Waals surface area contributed by atoms with Crippen LogP contribution in [0.1, 0.15) is 92.7 Å². The van der Waals surface area contributed by atoms with Crippen molar-refractivity contribution < 1.29 is 106 Å². The summed E-state index contributed by atoms with van der Waals surface area (Å²) < 4.78 is 9.42. The smallest absolute Gasteiger partial charge is 0.625 e. The van der Waals surface area contributed by atoms with Gasteiger partial charge in [-0.3, -0.25) is 39.0 Å². The van der Waals surface area contributed by atoms with Crippen LogP contribution in [0.25, 0.3) is 10.6 Å². The first kappa shape index (κ1) is 79.0. The summed E-state index contributed by atoms with van der Waals surface area (Å²) >= 11 is 0. The summed E-state index contributed by atoms with van der Waals surface area (Å²) in [6.45, 7) is 8.66. The number of carbonyl (C=O) groups is 10. The van der Waals surface area contributed by atoms with Gasteiger partial charge in [0.25, 0.3) is 5.91 Å². The molecule has 528 valence electrons. The third kappa shape index (κ3) is 22.5. The maximum absolute atomic E-state index is 13.6. The molecule has 0 bridgehead atoms. The fraction of sp³-hybridized carbons (Fsp3) is 0.324. The molecule has 0 radical (unpaired) electrons. The average molecular weight is 1450 g/mol. The van der Waals surface area contributed by atoms with Gasteiger partial charge in [0.05, 0.1) is 48.4 Å². The van der Waals surface area contributed by atoms with Crippen LogP contribution in [0.2, 0.25) is 0 Å². The summed E-state index contributed by atoms with van der Waals surface area (Å²) in [5, 5.41) is 39.3. The molecule has 5 fully saturated rings. The number of para-hydroxylation sites is 2. The number of cyclic esters (lactones) is 2. The maximum atomic E-state index is 13.6. The van der Waals surface area contributed by atoms with Crippen LogP contribution < -0.4 is 5.32 Å². The molecule has 11 rings (SSSR count). The fourth-order valence-electron chi connectivity index (χ4n) is 11.7. The minimum absolute atomic E-state index is 0. The Bertz CT molecular complexity index is 3890.